The van der Waals surface area contributed by atoms with Crippen LogP contribution in [0.2, 0.25) is 0 Å². The fourth-order valence-corrected chi connectivity index (χ4v) is 3.09. The van der Waals surface area contributed by atoms with Gasteiger partial charge >= 0.3 is 0 Å². The molecule has 0 unspecified atom stereocenters. The Bertz CT molecular complexity index is 684. The molecule has 3 rings (SSSR count). The zero-order chi connectivity index (χ0) is 15.5. The molecule has 2 aromatic rings. The van der Waals surface area contributed by atoms with Gasteiger partial charge in [0.25, 0.3) is 0 Å². The lowest BCUT2D eigenvalue weighted by molar-refractivity contribution is 0.501. The third-order valence-electron chi connectivity index (χ3n) is 4.44. The van der Waals surface area contributed by atoms with Gasteiger partial charge in [0.2, 0.25) is 5.56 Å². The Morgan fingerprint density at radius 1 is 1.23 bits per heavy atom. The van der Waals surface area contributed by atoms with Crippen LogP contribution in [0.5, 0.6) is 0 Å². The fourth-order valence-electron chi connectivity index (χ4n) is 3.09. The number of hydrogen-bond donors (Lipinski definition) is 1. The van der Waals surface area contributed by atoms with E-state index in [1.807, 2.05) is 6.07 Å². The maximum Gasteiger partial charge on any atom is 0.248 e. The second-order valence-corrected chi connectivity index (χ2v) is 6.32. The summed E-state index contributed by atoms with van der Waals surface area (Å²) in [4.78, 5) is 21.3. The first-order valence-electron chi connectivity index (χ1n) is 8.04. The maximum absolute atomic E-state index is 11.4. The monoisotopic (exact) mass is 297 g/mol. The number of piperidine rings is 1. The number of pyridine rings is 2. The van der Waals surface area contributed by atoms with E-state index in [4.69, 9.17) is 4.98 Å². The van der Waals surface area contributed by atoms with Crippen LogP contribution in [0.25, 0.3) is 0 Å². The van der Waals surface area contributed by atoms with Crippen molar-refractivity contribution in [1.29, 1.82) is 0 Å². The van der Waals surface area contributed by atoms with Crippen LogP contribution in [0.3, 0.4) is 0 Å². The molecule has 1 N–H and O–H groups in total. The molecule has 1 aliphatic heterocycles. The van der Waals surface area contributed by atoms with Crippen molar-refractivity contribution in [3.63, 3.8) is 0 Å². The van der Waals surface area contributed by atoms with Gasteiger partial charge in [0, 0.05) is 31.0 Å². The summed E-state index contributed by atoms with van der Waals surface area (Å²) in [7, 11) is 0. The van der Waals surface area contributed by atoms with Crippen LogP contribution in [-0.2, 0) is 0 Å². The third kappa shape index (κ3) is 3.21. The summed E-state index contributed by atoms with van der Waals surface area (Å²) in [5.74, 6) is 2.01. The highest BCUT2D eigenvalue weighted by Gasteiger charge is 2.21. The minimum absolute atomic E-state index is 0.00812. The van der Waals surface area contributed by atoms with E-state index in [0.29, 0.717) is 11.8 Å². The lowest BCUT2D eigenvalue weighted by Gasteiger charge is -2.33. The maximum atomic E-state index is 11.4. The van der Waals surface area contributed by atoms with Crippen LogP contribution < -0.4 is 10.5 Å². The van der Waals surface area contributed by atoms with E-state index < -0.39 is 0 Å². The molecule has 1 aliphatic rings. The zero-order valence-electron chi connectivity index (χ0n) is 13.2. The minimum Gasteiger partial charge on any atom is -0.357 e. The molecule has 4 nitrogen and oxygen atoms in total. The number of anilines is 1. The second kappa shape index (κ2) is 6.34. The summed E-state index contributed by atoms with van der Waals surface area (Å²) in [5, 5.41) is 0. The van der Waals surface area contributed by atoms with E-state index in [2.05, 4.69) is 41.9 Å². The van der Waals surface area contributed by atoms with Crippen molar-refractivity contribution in [2.24, 2.45) is 0 Å². The van der Waals surface area contributed by atoms with E-state index in [0.717, 1.165) is 43.0 Å². The van der Waals surface area contributed by atoms with Crippen LogP contribution in [0, 0.1) is 0 Å². The molecule has 0 aliphatic carbocycles. The number of rotatable bonds is 3. The number of aromatic amines is 1. The Balaban J connectivity index is 1.69. The topological polar surface area (TPSA) is 49.0 Å². The van der Waals surface area contributed by atoms with Crippen molar-refractivity contribution in [2.45, 2.75) is 38.5 Å². The Hall–Kier alpha value is -2.10. The average molecular weight is 297 g/mol. The molecule has 116 valence electrons. The second-order valence-electron chi connectivity index (χ2n) is 6.32. The van der Waals surface area contributed by atoms with Gasteiger partial charge in [0.05, 0.1) is 0 Å². The summed E-state index contributed by atoms with van der Waals surface area (Å²) in [6.45, 7) is 6.33. The van der Waals surface area contributed by atoms with Gasteiger partial charge in [-0.3, -0.25) is 4.79 Å². The fraction of sp³-hybridized carbons (Fsp3) is 0.444. The smallest absolute Gasteiger partial charge is 0.248 e. The molecule has 4 heteroatoms. The van der Waals surface area contributed by atoms with Gasteiger partial charge in [0.15, 0.2) is 0 Å². The summed E-state index contributed by atoms with van der Waals surface area (Å²) in [5.41, 5.74) is 2.30. The first kappa shape index (κ1) is 14.8. The van der Waals surface area contributed by atoms with Gasteiger partial charge in [-0.15, -0.1) is 0 Å². The average Bonchev–Trinajstić information content (AvgIpc) is 2.55. The molecule has 0 aromatic carbocycles. The lowest BCUT2D eigenvalue weighted by atomic mass is 9.90. The Labute approximate surface area is 131 Å². The van der Waals surface area contributed by atoms with Crippen molar-refractivity contribution >= 4 is 5.82 Å². The highest BCUT2D eigenvalue weighted by atomic mass is 16.1. The zero-order valence-corrected chi connectivity index (χ0v) is 13.2. The van der Waals surface area contributed by atoms with E-state index in [1.165, 1.54) is 0 Å². The van der Waals surface area contributed by atoms with Crippen molar-refractivity contribution in [3.05, 3.63) is 58.1 Å². The SMILES string of the molecule is CC(C)c1cccc(N2CCC(c3cc[nH]c(=O)c3)CC2)n1. The van der Waals surface area contributed by atoms with Gasteiger partial charge < -0.3 is 9.88 Å². The molecular weight excluding hydrogens is 274 g/mol. The molecule has 0 spiro atoms. The number of aromatic nitrogens is 2. The molecule has 3 heterocycles. The predicted molar refractivity (Wildman–Crippen MR) is 89.6 cm³/mol. The van der Waals surface area contributed by atoms with E-state index in [-0.39, 0.29) is 5.56 Å². The van der Waals surface area contributed by atoms with Gasteiger partial charge in [-0.05, 0) is 48.4 Å². The molecule has 1 fully saturated rings. The Kier molecular flexibility index (Phi) is 4.27. The van der Waals surface area contributed by atoms with Gasteiger partial charge in [0.1, 0.15) is 5.82 Å². The van der Waals surface area contributed by atoms with E-state index in [1.54, 1.807) is 12.3 Å². The van der Waals surface area contributed by atoms with Crippen LogP contribution in [0.4, 0.5) is 5.82 Å². The minimum atomic E-state index is -0.00812. The first-order valence-corrected chi connectivity index (χ1v) is 8.04. The van der Waals surface area contributed by atoms with Crippen LogP contribution in [0.15, 0.2) is 41.3 Å². The molecule has 0 atom stereocenters. The van der Waals surface area contributed by atoms with Crippen LogP contribution in [0.1, 0.15) is 49.8 Å². The normalized spacial score (nSPS) is 16.2. The Morgan fingerprint density at radius 3 is 2.68 bits per heavy atom. The summed E-state index contributed by atoms with van der Waals surface area (Å²) in [6, 6.07) is 10.1. The van der Waals surface area contributed by atoms with Crippen LogP contribution in [-0.4, -0.2) is 23.1 Å². The van der Waals surface area contributed by atoms with Gasteiger partial charge in [-0.25, -0.2) is 4.98 Å². The van der Waals surface area contributed by atoms with E-state index >= 15 is 0 Å². The molecule has 22 heavy (non-hydrogen) atoms. The molecular formula is C18H23N3O. The standard InChI is InChI=1S/C18H23N3O/c1-13(2)16-4-3-5-17(20-16)21-10-7-14(8-11-21)15-6-9-19-18(22)12-15/h3-6,9,12-14H,7-8,10-11H2,1-2H3,(H,19,22). The third-order valence-corrected chi connectivity index (χ3v) is 4.44. The molecule has 1 saturated heterocycles. The Morgan fingerprint density at radius 2 is 2.00 bits per heavy atom. The molecule has 0 saturated carbocycles. The van der Waals surface area contributed by atoms with E-state index in [9.17, 15) is 4.79 Å². The van der Waals surface area contributed by atoms with Crippen molar-refractivity contribution in [2.75, 3.05) is 18.0 Å². The first-order chi connectivity index (χ1) is 10.6. The summed E-state index contributed by atoms with van der Waals surface area (Å²) in [6.07, 6.45) is 3.88. The van der Waals surface area contributed by atoms with Crippen molar-refractivity contribution in [1.82, 2.24) is 9.97 Å². The molecule has 0 radical (unpaired) electrons. The van der Waals surface area contributed by atoms with Gasteiger partial charge in [-0.1, -0.05) is 19.9 Å². The van der Waals surface area contributed by atoms with Crippen molar-refractivity contribution < 1.29 is 0 Å². The quantitative estimate of drug-likeness (QED) is 0.946. The number of H-pyrrole nitrogens is 1. The predicted octanol–water partition coefficient (Wildman–Crippen LogP) is 3.28. The molecule has 2 aromatic heterocycles. The number of nitrogens with zero attached hydrogens (tertiary/aromatic N) is 2. The highest BCUT2D eigenvalue weighted by molar-refractivity contribution is 5.40. The molecule has 0 bridgehead atoms. The van der Waals surface area contributed by atoms with Crippen molar-refractivity contribution in [3.8, 4) is 0 Å². The summed E-state index contributed by atoms with van der Waals surface area (Å²) >= 11 is 0. The summed E-state index contributed by atoms with van der Waals surface area (Å²) < 4.78 is 0. The largest absolute Gasteiger partial charge is 0.357 e. The van der Waals surface area contributed by atoms with Gasteiger partial charge in [-0.2, -0.15) is 0 Å². The number of hydrogen-bond acceptors (Lipinski definition) is 3. The highest BCUT2D eigenvalue weighted by Crippen LogP contribution is 2.29. The number of nitrogens with one attached hydrogen (secondary N) is 1. The van der Waals surface area contributed by atoms with Crippen LogP contribution >= 0.6 is 0 Å². The molecule has 0 amide bonds. The lowest BCUT2D eigenvalue weighted by Crippen LogP contribution is -2.33.